The monoisotopic (exact) mass is 447 g/mol. The summed E-state index contributed by atoms with van der Waals surface area (Å²) in [5, 5.41) is 0. The third-order valence-electron chi connectivity index (χ3n) is 4.08. The second kappa shape index (κ2) is 8.98. The van der Waals surface area contributed by atoms with Gasteiger partial charge < -0.3 is 4.74 Å². The van der Waals surface area contributed by atoms with Crippen LogP contribution in [0.25, 0.3) is 0 Å². The van der Waals surface area contributed by atoms with Crippen molar-refractivity contribution < 1.29 is 35.6 Å². The largest absolute Gasteiger partial charge is 0.573 e. The number of pyridine rings is 1. The van der Waals surface area contributed by atoms with Gasteiger partial charge in [-0.15, -0.1) is 13.2 Å². The number of aromatic nitrogens is 1. The summed E-state index contributed by atoms with van der Waals surface area (Å²) < 4.78 is 79.7. The fourth-order valence-corrected chi connectivity index (χ4v) is 4.00. The number of ether oxygens (including phenoxy) is 1. The van der Waals surface area contributed by atoms with Gasteiger partial charge in [-0.2, -0.15) is 4.31 Å². The normalized spacial score (nSPS) is 15.5. The molecule has 0 amide bonds. The number of hydroxylamine groups is 1. The van der Waals surface area contributed by atoms with E-state index in [1.54, 1.807) is 6.08 Å². The van der Waals surface area contributed by atoms with E-state index in [1.165, 1.54) is 16.4 Å². The molecule has 0 atom stereocenters. The van der Waals surface area contributed by atoms with Gasteiger partial charge in [0.15, 0.2) is 0 Å². The number of sulfonamides is 1. The van der Waals surface area contributed by atoms with Gasteiger partial charge in [0.2, 0.25) is 10.0 Å². The molecule has 1 aromatic carbocycles. The van der Waals surface area contributed by atoms with Crippen molar-refractivity contribution in [3.63, 3.8) is 0 Å². The SMILES string of the molecule is O=S(=O)(c1ccc(OC(F)(F)F)cc1)N1CC=C(NOCc2ccc(F)cn2)CC1. The Morgan fingerprint density at radius 2 is 1.87 bits per heavy atom. The average Bonchev–Trinajstić information content (AvgIpc) is 2.69. The van der Waals surface area contributed by atoms with Gasteiger partial charge >= 0.3 is 6.36 Å². The van der Waals surface area contributed by atoms with Crippen LogP contribution >= 0.6 is 0 Å². The van der Waals surface area contributed by atoms with E-state index >= 15 is 0 Å². The van der Waals surface area contributed by atoms with Crippen LogP contribution in [-0.4, -0.2) is 37.2 Å². The van der Waals surface area contributed by atoms with Gasteiger partial charge in [0.25, 0.3) is 0 Å². The Morgan fingerprint density at radius 1 is 1.13 bits per heavy atom. The smallest absolute Gasteiger partial charge is 0.406 e. The summed E-state index contributed by atoms with van der Waals surface area (Å²) in [7, 11) is -3.88. The van der Waals surface area contributed by atoms with E-state index in [2.05, 4.69) is 15.2 Å². The minimum absolute atomic E-state index is 0.0592. The summed E-state index contributed by atoms with van der Waals surface area (Å²) >= 11 is 0. The first-order valence-electron chi connectivity index (χ1n) is 8.67. The minimum Gasteiger partial charge on any atom is -0.406 e. The summed E-state index contributed by atoms with van der Waals surface area (Å²) in [6.07, 6.45) is -1.81. The molecule has 0 saturated carbocycles. The lowest BCUT2D eigenvalue weighted by Gasteiger charge is -2.26. The van der Waals surface area contributed by atoms with E-state index < -0.39 is 28.0 Å². The number of hydrogen-bond acceptors (Lipinski definition) is 6. The second-order valence-electron chi connectivity index (χ2n) is 6.22. The number of halogens is 4. The molecule has 7 nitrogen and oxygen atoms in total. The van der Waals surface area contributed by atoms with Crippen LogP contribution in [0, 0.1) is 5.82 Å². The van der Waals surface area contributed by atoms with Crippen molar-refractivity contribution in [1.82, 2.24) is 14.8 Å². The molecule has 0 bridgehead atoms. The van der Waals surface area contributed by atoms with Crippen molar-refractivity contribution in [3.8, 4) is 5.75 Å². The summed E-state index contributed by atoms with van der Waals surface area (Å²) in [4.78, 5) is 8.99. The molecule has 0 spiro atoms. The van der Waals surface area contributed by atoms with Crippen LogP contribution in [0.15, 0.2) is 59.3 Å². The fraction of sp³-hybridized carbons (Fsp3) is 0.278. The molecule has 0 unspecified atom stereocenters. The van der Waals surface area contributed by atoms with Gasteiger partial charge in [0, 0.05) is 25.2 Å². The van der Waals surface area contributed by atoms with Crippen LogP contribution in [0.4, 0.5) is 17.6 Å². The first kappa shape index (κ1) is 22.0. The maximum Gasteiger partial charge on any atom is 0.573 e. The third-order valence-corrected chi connectivity index (χ3v) is 5.96. The molecule has 2 aromatic rings. The number of rotatable bonds is 7. The van der Waals surface area contributed by atoms with Crippen molar-refractivity contribution in [2.24, 2.45) is 0 Å². The fourth-order valence-electron chi connectivity index (χ4n) is 2.62. The average molecular weight is 447 g/mol. The number of nitrogens with zero attached hydrogens (tertiary/aromatic N) is 2. The van der Waals surface area contributed by atoms with E-state index in [0.717, 1.165) is 30.5 Å². The van der Waals surface area contributed by atoms with E-state index in [1.807, 2.05) is 0 Å². The van der Waals surface area contributed by atoms with E-state index in [4.69, 9.17) is 4.84 Å². The summed E-state index contributed by atoms with van der Waals surface area (Å²) in [6, 6.07) is 6.76. The molecule has 1 aliphatic heterocycles. The van der Waals surface area contributed by atoms with Crippen LogP contribution in [0.2, 0.25) is 0 Å². The lowest BCUT2D eigenvalue weighted by molar-refractivity contribution is -0.274. The second-order valence-corrected chi connectivity index (χ2v) is 8.16. The molecule has 0 fully saturated rings. The van der Waals surface area contributed by atoms with Crippen molar-refractivity contribution in [3.05, 3.63) is 65.9 Å². The Bertz CT molecular complexity index is 994. The number of benzene rings is 1. The van der Waals surface area contributed by atoms with Crippen LogP contribution in [-0.2, 0) is 21.5 Å². The van der Waals surface area contributed by atoms with Crippen LogP contribution in [0.1, 0.15) is 12.1 Å². The number of nitrogens with one attached hydrogen (secondary N) is 1. The lowest BCUT2D eigenvalue weighted by Crippen LogP contribution is -2.36. The zero-order valence-electron chi connectivity index (χ0n) is 15.4. The van der Waals surface area contributed by atoms with Gasteiger partial charge in [0.05, 0.1) is 16.8 Å². The Kier molecular flexibility index (Phi) is 6.58. The van der Waals surface area contributed by atoms with Gasteiger partial charge in [0.1, 0.15) is 18.2 Å². The van der Waals surface area contributed by atoms with E-state index in [0.29, 0.717) is 17.8 Å². The Morgan fingerprint density at radius 3 is 2.43 bits per heavy atom. The van der Waals surface area contributed by atoms with Crippen molar-refractivity contribution in [2.45, 2.75) is 24.3 Å². The zero-order valence-corrected chi connectivity index (χ0v) is 16.2. The molecule has 1 aromatic heterocycles. The highest BCUT2D eigenvalue weighted by molar-refractivity contribution is 7.89. The maximum atomic E-state index is 12.8. The van der Waals surface area contributed by atoms with Gasteiger partial charge in [-0.05, 0) is 42.5 Å². The standard InChI is InChI=1S/C18H17F4N3O4S/c19-13-1-2-15(23-11-13)12-28-24-14-7-9-25(10-8-14)30(26,27)17-5-3-16(4-6-17)29-18(20,21)22/h1-7,11,24H,8-10,12H2. The minimum atomic E-state index is -4.85. The molecule has 12 heteroatoms. The maximum absolute atomic E-state index is 12.8. The lowest BCUT2D eigenvalue weighted by atomic mass is 10.2. The predicted octanol–water partition coefficient (Wildman–Crippen LogP) is 3.12. The van der Waals surface area contributed by atoms with Crippen molar-refractivity contribution in [1.29, 1.82) is 0 Å². The molecule has 0 radical (unpaired) electrons. The third kappa shape index (κ3) is 5.90. The highest BCUT2D eigenvalue weighted by Gasteiger charge is 2.31. The van der Waals surface area contributed by atoms with Gasteiger partial charge in [-0.25, -0.2) is 12.8 Å². The zero-order chi connectivity index (χ0) is 21.8. The molecule has 0 saturated heterocycles. The molecular formula is C18H17F4N3O4S. The Balaban J connectivity index is 1.54. The van der Waals surface area contributed by atoms with Crippen LogP contribution < -0.4 is 10.2 Å². The van der Waals surface area contributed by atoms with Gasteiger partial charge in [-0.3, -0.25) is 15.3 Å². The predicted molar refractivity (Wildman–Crippen MR) is 96.7 cm³/mol. The molecular weight excluding hydrogens is 430 g/mol. The van der Waals surface area contributed by atoms with Crippen molar-refractivity contribution >= 4 is 10.0 Å². The molecule has 1 N–H and O–H groups in total. The van der Waals surface area contributed by atoms with E-state index in [-0.39, 0.29) is 24.6 Å². The summed E-state index contributed by atoms with van der Waals surface area (Å²) in [5.41, 5.74) is 3.89. The van der Waals surface area contributed by atoms with Gasteiger partial charge in [-0.1, -0.05) is 0 Å². The first-order chi connectivity index (χ1) is 14.1. The Labute approximate surface area is 169 Å². The number of alkyl halides is 3. The van der Waals surface area contributed by atoms with Crippen LogP contribution in [0.3, 0.4) is 0 Å². The highest BCUT2D eigenvalue weighted by atomic mass is 32.2. The molecule has 2 heterocycles. The molecule has 30 heavy (non-hydrogen) atoms. The summed E-state index contributed by atoms with van der Waals surface area (Å²) in [5.74, 6) is -0.954. The molecule has 162 valence electrons. The van der Waals surface area contributed by atoms with Crippen molar-refractivity contribution in [2.75, 3.05) is 13.1 Å². The molecule has 0 aliphatic carbocycles. The highest BCUT2D eigenvalue weighted by Crippen LogP contribution is 2.26. The summed E-state index contributed by atoms with van der Waals surface area (Å²) in [6.45, 7) is 0.301. The molecule has 3 rings (SSSR count). The molecule has 1 aliphatic rings. The number of hydrogen-bond donors (Lipinski definition) is 1. The first-order valence-corrected chi connectivity index (χ1v) is 10.1. The quantitative estimate of drug-likeness (QED) is 0.519. The topological polar surface area (TPSA) is 80.8 Å². The van der Waals surface area contributed by atoms with E-state index in [9.17, 15) is 26.0 Å². The van der Waals surface area contributed by atoms with Crippen LogP contribution in [0.5, 0.6) is 5.75 Å². The Hall–Kier alpha value is -2.70.